The Kier molecular flexibility index (Phi) is 17.8. The molecule has 3 aromatic heterocycles. The summed E-state index contributed by atoms with van der Waals surface area (Å²) in [5, 5.41) is 5.05. The van der Waals surface area contributed by atoms with Gasteiger partial charge >= 0.3 is 9.33 Å². The minimum Gasteiger partial charge on any atom is -0.463 e. The highest BCUT2D eigenvalue weighted by molar-refractivity contribution is 9.11. The Morgan fingerprint density at radius 1 is 0.603 bits per heavy atom. The average molecular weight is 1180 g/mol. The van der Waals surface area contributed by atoms with Crippen LogP contribution < -0.4 is 10.2 Å². The lowest BCUT2D eigenvalue weighted by Gasteiger charge is -2.29. The van der Waals surface area contributed by atoms with E-state index in [1.807, 2.05) is 6.07 Å². The zero-order valence-electron chi connectivity index (χ0n) is 38.5. The van der Waals surface area contributed by atoms with Crippen molar-refractivity contribution in [2.75, 3.05) is 31.1 Å². The number of nitrogens with one attached hydrogen (secondary N) is 1. The van der Waals surface area contributed by atoms with E-state index in [0.717, 1.165) is 37.3 Å². The summed E-state index contributed by atoms with van der Waals surface area (Å²) in [6, 6.07) is 26.8. The normalized spacial score (nSPS) is 12.5. The van der Waals surface area contributed by atoms with Gasteiger partial charge in [-0.2, -0.15) is 8.42 Å². The topological polar surface area (TPSA) is 143 Å². The zero-order chi connectivity index (χ0) is 52.7. The van der Waals surface area contributed by atoms with Crippen LogP contribution >= 0.6 is 42.5 Å². The van der Waals surface area contributed by atoms with Crippen molar-refractivity contribution in [2.24, 2.45) is 0 Å². The third-order valence-corrected chi connectivity index (χ3v) is 12.4. The van der Waals surface area contributed by atoms with Crippen LogP contribution in [0.25, 0.3) is 32.9 Å². The Balaban J connectivity index is 0.000000155. The van der Waals surface area contributed by atoms with Crippen molar-refractivity contribution >= 4 is 102 Å². The molecule has 0 aliphatic carbocycles. The number of nitrogens with zero attached hydrogens (tertiary/aromatic N) is 1. The number of piperazine rings is 1. The van der Waals surface area contributed by atoms with E-state index in [-0.39, 0.29) is 58.6 Å². The van der Waals surface area contributed by atoms with Crippen molar-refractivity contribution < 1.29 is 62.2 Å². The Labute approximate surface area is 435 Å². The van der Waals surface area contributed by atoms with Crippen LogP contribution in [0, 0.1) is 34.9 Å². The van der Waals surface area contributed by atoms with Crippen LogP contribution in [0.3, 0.4) is 0 Å². The van der Waals surface area contributed by atoms with Crippen LogP contribution in [0.1, 0.15) is 68.3 Å². The molecule has 0 radical (unpaired) electrons. The fraction of sp³-hybridized carbons (Fsp3) is 0.170. The second-order valence-electron chi connectivity index (χ2n) is 16.6. The lowest BCUT2D eigenvalue weighted by Crippen LogP contribution is -2.43. The third kappa shape index (κ3) is 14.3. The molecule has 6 aromatic carbocycles. The number of benzene rings is 6. The number of carbonyl (C=O) groups excluding carboxylic acids is 2. The Morgan fingerprint density at radius 3 is 1.48 bits per heavy atom. The second-order valence-corrected chi connectivity index (χ2v) is 20.3. The maximum atomic E-state index is 14.4. The van der Waals surface area contributed by atoms with Gasteiger partial charge in [0.05, 0.1) is 20.9 Å². The number of fused-ring (bicyclic) bond motifs is 3. The number of carbonyl (C=O) groups is 2. The van der Waals surface area contributed by atoms with Gasteiger partial charge in [-0.3, -0.25) is 14.1 Å². The van der Waals surface area contributed by atoms with Gasteiger partial charge in [0.2, 0.25) is 0 Å². The molecule has 1 aliphatic rings. The van der Waals surface area contributed by atoms with Crippen molar-refractivity contribution in [2.45, 2.75) is 33.1 Å². The van der Waals surface area contributed by atoms with Crippen molar-refractivity contribution in [1.82, 2.24) is 5.32 Å². The fourth-order valence-corrected chi connectivity index (χ4v) is 9.29. The predicted molar refractivity (Wildman–Crippen MR) is 274 cm³/mol. The highest BCUT2D eigenvalue weighted by atomic mass is 79.9. The molecule has 2 N–H and O–H groups in total. The van der Waals surface area contributed by atoms with Crippen LogP contribution in [0.4, 0.5) is 32.0 Å². The number of ketones is 2. The monoisotopic (exact) mass is 1170 g/mol. The lowest BCUT2D eigenvalue weighted by atomic mass is 10.00. The summed E-state index contributed by atoms with van der Waals surface area (Å²) >= 11 is 6.50. The van der Waals surface area contributed by atoms with Gasteiger partial charge in [0.1, 0.15) is 46.1 Å². The summed E-state index contributed by atoms with van der Waals surface area (Å²) in [7, 11) is -0.137. The van der Waals surface area contributed by atoms with E-state index >= 15 is 0 Å². The van der Waals surface area contributed by atoms with Crippen LogP contribution in [0.5, 0.6) is 0 Å². The summed E-state index contributed by atoms with van der Waals surface area (Å²) in [6.07, 6.45) is 2.67. The number of rotatable bonds is 9. The highest BCUT2D eigenvalue weighted by Gasteiger charge is 2.25. The highest BCUT2D eigenvalue weighted by Crippen LogP contribution is 2.38. The zero-order valence-corrected chi connectivity index (χ0v) is 43.2. The number of anilines is 1. The van der Waals surface area contributed by atoms with Crippen molar-refractivity contribution in [1.29, 1.82) is 0 Å². The molecule has 0 amide bonds. The molecule has 0 unspecified atom stereocenters. The molecule has 9 aromatic rings. The van der Waals surface area contributed by atoms with E-state index in [1.54, 1.807) is 36.6 Å². The molecule has 0 bridgehead atoms. The number of hydrogen-bond donors (Lipinski definition) is 2. The van der Waals surface area contributed by atoms with E-state index in [9.17, 15) is 35.9 Å². The van der Waals surface area contributed by atoms with Crippen molar-refractivity contribution in [3.05, 3.63) is 204 Å². The molecule has 1 fully saturated rings. The summed E-state index contributed by atoms with van der Waals surface area (Å²) in [5.41, 5.74) is 6.38. The van der Waals surface area contributed by atoms with E-state index in [2.05, 4.69) is 52.8 Å². The molecule has 0 saturated carbocycles. The van der Waals surface area contributed by atoms with Gasteiger partial charge in [0.25, 0.3) is 0 Å². The standard InChI is InChI=1S/C21H20F2N2O2.C17H11BrF2O2.C15H9BrF2O.ClHO3S/c1-13(26)20-17(10-14-3-2-4-15(22)9-14)18-11-16(23)12-19(21(18)27-20)25-7-5-24-6-8-25;1-9(21)16-13(6-10-3-2-4-11(19)5-10)14-7-12(20)8-15(18)17(14)22-16;16-14-7-12(18)6-13-10(8-19-15(13)14)4-9-2-1-3-11(17)5-9;1-5(2,3)4/h2-4,9,11-12,24H,5-8,10H2,1H3;2-5,7-8H,6H2,1H3;1-3,5-8H,4H2;(H,2,3,4). The molecule has 1 aliphatic heterocycles. The fourth-order valence-electron chi connectivity index (χ4n) is 8.25. The first-order valence-electron chi connectivity index (χ1n) is 22.0. The molecular formula is C53H41Br2ClF6N2O8S. The van der Waals surface area contributed by atoms with Crippen LogP contribution in [-0.2, 0) is 28.6 Å². The lowest BCUT2D eigenvalue weighted by molar-refractivity contribution is 0.0980. The maximum absolute atomic E-state index is 14.4. The summed E-state index contributed by atoms with van der Waals surface area (Å²) in [5.74, 6) is -2.25. The summed E-state index contributed by atoms with van der Waals surface area (Å²) < 4.78 is 125. The maximum Gasteiger partial charge on any atom is 0.353 e. The SMILES string of the molecule is CC(=O)c1oc2c(Br)cc(F)cc2c1Cc1cccc(F)c1.CC(=O)c1oc2c(N3CCNCC3)cc(F)cc2c1Cc1cccc(F)c1.Fc1cccc(Cc2coc3c(Br)cc(F)cc23)c1.O=S(=O)(O)Cl. The first kappa shape index (κ1) is 54.6. The summed E-state index contributed by atoms with van der Waals surface area (Å²) in [4.78, 5) is 26.0. The molecule has 380 valence electrons. The largest absolute Gasteiger partial charge is 0.463 e. The Bertz CT molecular complexity index is 3610. The predicted octanol–water partition coefficient (Wildman–Crippen LogP) is 14.3. The molecule has 10 nitrogen and oxygen atoms in total. The molecule has 4 heterocycles. The number of furan rings is 3. The molecule has 20 heteroatoms. The van der Waals surface area contributed by atoms with E-state index < -0.39 is 15.1 Å². The van der Waals surface area contributed by atoms with Crippen molar-refractivity contribution in [3.63, 3.8) is 0 Å². The number of halogens is 9. The molecule has 10 rings (SSSR count). The number of Topliss-reactive ketones (excluding diaryl/α,β-unsaturated/α-hetero) is 2. The number of hydrogen-bond acceptors (Lipinski definition) is 9. The van der Waals surface area contributed by atoms with Gasteiger partial charge in [-0.15, -0.1) is 0 Å². The minimum absolute atomic E-state index is 0.172. The van der Waals surface area contributed by atoms with Gasteiger partial charge in [0.15, 0.2) is 28.7 Å². The molecule has 1 saturated heterocycles. The first-order chi connectivity index (χ1) is 34.6. The molecule has 0 spiro atoms. The van der Waals surface area contributed by atoms with Gasteiger partial charge in [-0.1, -0.05) is 36.4 Å². The third-order valence-electron chi connectivity index (χ3n) is 11.2. The van der Waals surface area contributed by atoms with Gasteiger partial charge in [-0.05, 0) is 115 Å². The van der Waals surface area contributed by atoms with Gasteiger partial charge in [-0.25, -0.2) is 26.3 Å². The smallest absolute Gasteiger partial charge is 0.353 e. The molecular weight excluding hydrogens is 1130 g/mol. The second kappa shape index (κ2) is 23.8. The Morgan fingerprint density at radius 2 is 1.01 bits per heavy atom. The van der Waals surface area contributed by atoms with E-state index in [0.29, 0.717) is 82.6 Å². The first-order valence-corrected chi connectivity index (χ1v) is 25.9. The summed E-state index contributed by atoms with van der Waals surface area (Å²) in [6.45, 7) is 5.87. The average Bonchev–Trinajstić information content (AvgIpc) is 4.00. The van der Waals surface area contributed by atoms with E-state index in [4.69, 9.17) is 26.2 Å². The molecule has 0 atom stereocenters. The Hall–Kier alpha value is -6.22. The van der Waals surface area contributed by atoms with Crippen LogP contribution in [0.15, 0.2) is 138 Å². The molecule has 73 heavy (non-hydrogen) atoms. The van der Waals surface area contributed by atoms with E-state index in [1.165, 1.54) is 86.6 Å². The quantitative estimate of drug-likeness (QED) is 0.0620. The van der Waals surface area contributed by atoms with Crippen LogP contribution in [-0.4, -0.2) is 50.7 Å². The minimum atomic E-state index is -4.19. The van der Waals surface area contributed by atoms with Gasteiger partial charge in [0, 0.05) is 109 Å². The van der Waals surface area contributed by atoms with Crippen LogP contribution in [0.2, 0.25) is 0 Å². The van der Waals surface area contributed by atoms with Gasteiger partial charge < -0.3 is 23.5 Å². The van der Waals surface area contributed by atoms with Crippen molar-refractivity contribution in [3.8, 4) is 0 Å².